The van der Waals surface area contributed by atoms with Crippen LogP contribution in [0.25, 0.3) is 22.8 Å². The van der Waals surface area contributed by atoms with Crippen molar-refractivity contribution in [2.75, 3.05) is 13.4 Å². The molecule has 0 atom stereocenters. The van der Waals surface area contributed by atoms with Gasteiger partial charge in [0.15, 0.2) is 18.2 Å². The highest BCUT2D eigenvalue weighted by Gasteiger charge is 2.09. The zero-order valence-electron chi connectivity index (χ0n) is 14.0. The fourth-order valence-electron chi connectivity index (χ4n) is 1.94. The van der Waals surface area contributed by atoms with Crippen LogP contribution >= 0.6 is 0 Å². The standard InChI is InChI=1S/C16H15N2O2.CH4O3S/c1-18-9-7-12(8-10-18)15-11-17-16(20-15)13-3-5-14(19-2)6-4-13;1-5(2,3)4/h3-11H,1-2H3;1H3,(H,2,3,4)/q+1;/p-1. The summed E-state index contributed by atoms with van der Waals surface area (Å²) in [5.41, 5.74) is 1.94. The summed E-state index contributed by atoms with van der Waals surface area (Å²) in [5, 5.41) is 0. The van der Waals surface area contributed by atoms with Crippen molar-refractivity contribution in [1.82, 2.24) is 4.98 Å². The lowest BCUT2D eigenvalue weighted by molar-refractivity contribution is -0.671. The van der Waals surface area contributed by atoms with Gasteiger partial charge in [-0.2, -0.15) is 0 Å². The lowest BCUT2D eigenvalue weighted by atomic mass is 10.2. The highest BCUT2D eigenvalue weighted by Crippen LogP contribution is 2.26. The van der Waals surface area contributed by atoms with Crippen molar-refractivity contribution < 1.29 is 26.7 Å². The van der Waals surface area contributed by atoms with Gasteiger partial charge in [-0.15, -0.1) is 0 Å². The molecular weight excluding hydrogens is 344 g/mol. The first kappa shape index (κ1) is 18.6. The number of benzene rings is 1. The van der Waals surface area contributed by atoms with Crippen LogP contribution in [-0.2, 0) is 17.2 Å². The molecule has 0 saturated carbocycles. The Labute approximate surface area is 146 Å². The van der Waals surface area contributed by atoms with Gasteiger partial charge in [0.1, 0.15) is 12.8 Å². The highest BCUT2D eigenvalue weighted by molar-refractivity contribution is 7.84. The summed E-state index contributed by atoms with van der Waals surface area (Å²) in [5.74, 6) is 2.18. The van der Waals surface area contributed by atoms with Crippen molar-refractivity contribution in [2.24, 2.45) is 7.05 Å². The normalized spacial score (nSPS) is 10.7. The molecule has 3 rings (SSSR count). The van der Waals surface area contributed by atoms with Crippen molar-refractivity contribution in [2.45, 2.75) is 0 Å². The van der Waals surface area contributed by atoms with Gasteiger partial charge in [-0.05, 0) is 24.3 Å². The monoisotopic (exact) mass is 362 g/mol. The molecule has 0 fully saturated rings. The molecule has 25 heavy (non-hydrogen) atoms. The number of hydrogen-bond acceptors (Lipinski definition) is 6. The number of aromatic nitrogens is 2. The van der Waals surface area contributed by atoms with Gasteiger partial charge in [0.25, 0.3) is 0 Å². The molecule has 0 unspecified atom stereocenters. The van der Waals surface area contributed by atoms with Crippen molar-refractivity contribution >= 4 is 10.1 Å². The van der Waals surface area contributed by atoms with E-state index in [0.717, 1.165) is 22.6 Å². The van der Waals surface area contributed by atoms with Crippen LogP contribution in [0.15, 0.2) is 59.4 Å². The Hall–Kier alpha value is -2.71. The summed E-state index contributed by atoms with van der Waals surface area (Å²) in [6.07, 6.45) is 6.30. The maximum Gasteiger partial charge on any atom is 0.226 e. The predicted octanol–water partition coefficient (Wildman–Crippen LogP) is 2.00. The lowest BCUT2D eigenvalue weighted by Gasteiger charge is -2.00. The van der Waals surface area contributed by atoms with Gasteiger partial charge < -0.3 is 13.7 Å². The van der Waals surface area contributed by atoms with E-state index in [9.17, 15) is 0 Å². The number of ether oxygens (including phenoxy) is 1. The number of hydrogen-bond donors (Lipinski definition) is 0. The first-order valence-electron chi connectivity index (χ1n) is 7.23. The Balaban J connectivity index is 0.000000399. The first-order chi connectivity index (χ1) is 11.8. The Morgan fingerprint density at radius 2 is 1.64 bits per heavy atom. The van der Waals surface area contributed by atoms with Crippen molar-refractivity contribution in [3.05, 3.63) is 55.0 Å². The van der Waals surface area contributed by atoms with Gasteiger partial charge in [0.2, 0.25) is 5.89 Å². The second-order valence-electron chi connectivity index (χ2n) is 5.21. The molecular formula is C17H18N2O5S. The van der Waals surface area contributed by atoms with Crippen LogP contribution in [0.3, 0.4) is 0 Å². The molecule has 0 amide bonds. The molecule has 0 aliphatic carbocycles. The van der Waals surface area contributed by atoms with E-state index in [0.29, 0.717) is 12.1 Å². The summed E-state index contributed by atoms with van der Waals surface area (Å²) < 4.78 is 40.2. The van der Waals surface area contributed by atoms with E-state index < -0.39 is 10.1 Å². The minimum Gasteiger partial charge on any atom is -0.748 e. The van der Waals surface area contributed by atoms with Crippen molar-refractivity contribution in [3.8, 4) is 28.5 Å². The van der Waals surface area contributed by atoms with E-state index in [1.807, 2.05) is 60.4 Å². The number of pyridine rings is 1. The van der Waals surface area contributed by atoms with E-state index in [2.05, 4.69) is 4.98 Å². The fraction of sp³-hybridized carbons (Fsp3) is 0.176. The Morgan fingerprint density at radius 1 is 1.08 bits per heavy atom. The summed E-state index contributed by atoms with van der Waals surface area (Å²) in [6.45, 7) is 0. The second kappa shape index (κ2) is 7.91. The molecule has 3 aromatic rings. The Bertz CT molecular complexity index is 908. The molecule has 1 aromatic carbocycles. The summed E-state index contributed by atoms with van der Waals surface area (Å²) in [4.78, 5) is 4.33. The summed E-state index contributed by atoms with van der Waals surface area (Å²) in [7, 11) is -0.291. The molecule has 0 N–H and O–H groups in total. The molecule has 7 nitrogen and oxygen atoms in total. The molecule has 132 valence electrons. The minimum atomic E-state index is -3.92. The number of methoxy groups -OCH3 is 1. The molecule has 8 heteroatoms. The van der Waals surface area contributed by atoms with Crippen molar-refractivity contribution in [3.63, 3.8) is 0 Å². The molecule has 0 bridgehead atoms. The van der Waals surface area contributed by atoms with Crippen LogP contribution in [-0.4, -0.2) is 31.3 Å². The van der Waals surface area contributed by atoms with Gasteiger partial charge >= 0.3 is 0 Å². The average molecular weight is 362 g/mol. The summed E-state index contributed by atoms with van der Waals surface area (Å²) >= 11 is 0. The smallest absolute Gasteiger partial charge is 0.226 e. The van der Waals surface area contributed by atoms with Crippen molar-refractivity contribution in [1.29, 1.82) is 0 Å². The van der Waals surface area contributed by atoms with Crippen LogP contribution in [0.4, 0.5) is 0 Å². The van der Waals surface area contributed by atoms with Gasteiger partial charge in [0.05, 0.1) is 23.4 Å². The third-order valence-electron chi connectivity index (χ3n) is 3.11. The number of nitrogens with zero attached hydrogens (tertiary/aromatic N) is 2. The molecule has 2 heterocycles. The van der Waals surface area contributed by atoms with E-state index >= 15 is 0 Å². The molecule has 0 aliphatic heterocycles. The van der Waals surface area contributed by atoms with E-state index in [1.54, 1.807) is 13.3 Å². The zero-order valence-corrected chi connectivity index (χ0v) is 14.9. The fourth-order valence-corrected chi connectivity index (χ4v) is 1.94. The average Bonchev–Trinajstić information content (AvgIpc) is 3.04. The first-order valence-corrected chi connectivity index (χ1v) is 9.04. The molecule has 0 aliphatic rings. The molecule has 2 aromatic heterocycles. The number of oxazole rings is 1. The summed E-state index contributed by atoms with van der Waals surface area (Å²) in [6, 6.07) is 11.6. The maximum absolute atomic E-state index is 9.08. The second-order valence-corrected chi connectivity index (χ2v) is 6.62. The topological polar surface area (TPSA) is 96.3 Å². The van der Waals surface area contributed by atoms with Gasteiger partial charge in [-0.3, -0.25) is 0 Å². The van der Waals surface area contributed by atoms with Crippen LogP contribution < -0.4 is 9.30 Å². The zero-order chi connectivity index (χ0) is 18.4. The van der Waals surface area contributed by atoms with Crippen LogP contribution in [0, 0.1) is 0 Å². The van der Waals surface area contributed by atoms with Gasteiger partial charge in [-0.1, -0.05) is 0 Å². The number of rotatable bonds is 3. The molecule has 0 saturated heterocycles. The van der Waals surface area contributed by atoms with E-state index in [1.165, 1.54) is 0 Å². The van der Waals surface area contributed by atoms with Crippen LogP contribution in [0.1, 0.15) is 0 Å². The quantitative estimate of drug-likeness (QED) is 0.522. The predicted molar refractivity (Wildman–Crippen MR) is 90.7 cm³/mol. The number of aryl methyl sites for hydroxylation is 1. The van der Waals surface area contributed by atoms with Gasteiger partial charge in [0, 0.05) is 29.5 Å². The molecule has 0 spiro atoms. The third-order valence-corrected chi connectivity index (χ3v) is 3.11. The lowest BCUT2D eigenvalue weighted by Crippen LogP contribution is -2.25. The highest BCUT2D eigenvalue weighted by atomic mass is 32.2. The molecule has 0 radical (unpaired) electrons. The largest absolute Gasteiger partial charge is 0.748 e. The SMILES string of the molecule is COc1ccc(-c2ncc(-c3cc[n+](C)cc3)o2)cc1.CS(=O)(=O)[O-]. The maximum atomic E-state index is 9.08. The van der Waals surface area contributed by atoms with Crippen LogP contribution in [0.5, 0.6) is 5.75 Å². The van der Waals surface area contributed by atoms with E-state index in [-0.39, 0.29) is 0 Å². The van der Waals surface area contributed by atoms with Crippen LogP contribution in [0.2, 0.25) is 0 Å². The van der Waals surface area contributed by atoms with Gasteiger partial charge in [-0.25, -0.2) is 18.0 Å². The third kappa shape index (κ3) is 6.02. The Morgan fingerprint density at radius 3 is 2.16 bits per heavy atom. The Kier molecular flexibility index (Phi) is 5.89. The van der Waals surface area contributed by atoms with E-state index in [4.69, 9.17) is 22.1 Å². The minimum absolute atomic E-state index is 0.604.